The van der Waals surface area contributed by atoms with Crippen LogP contribution in [0.1, 0.15) is 66.2 Å². The van der Waals surface area contributed by atoms with Crippen molar-refractivity contribution in [3.63, 3.8) is 0 Å². The minimum Gasteiger partial charge on any atom is -0.450 e. The maximum atomic E-state index is 13.6. The van der Waals surface area contributed by atoms with E-state index in [0.29, 0.717) is 25.4 Å². The molecular formula is C22H40N4O4S. The zero-order chi connectivity index (χ0) is 23.0. The fourth-order valence-corrected chi connectivity index (χ4v) is 5.63. The zero-order valence-corrected chi connectivity index (χ0v) is 20.3. The summed E-state index contributed by atoms with van der Waals surface area (Å²) in [4.78, 5) is 40.3. The van der Waals surface area contributed by atoms with Gasteiger partial charge in [-0.15, -0.1) is 0 Å². The van der Waals surface area contributed by atoms with Crippen molar-refractivity contribution in [2.24, 2.45) is 11.7 Å². The van der Waals surface area contributed by atoms with Crippen LogP contribution in [0.15, 0.2) is 0 Å². The maximum absolute atomic E-state index is 13.6. The number of nitrogens with two attached hydrogens (primary N) is 1. The van der Waals surface area contributed by atoms with Crippen molar-refractivity contribution < 1.29 is 19.1 Å². The second kappa shape index (κ2) is 11.9. The number of nitrogens with zero attached hydrogens (tertiary/aromatic N) is 1. The number of amides is 3. The SMILES string of the molecule is CCOC(=O)N[C@@H](C(=O)N1C[C@H](N)C[C@H]1C(=O)NCC1CCCCC1)C(C)(C)SCC. The van der Waals surface area contributed by atoms with Gasteiger partial charge in [0.1, 0.15) is 12.1 Å². The first-order chi connectivity index (χ1) is 14.7. The number of hydrogen-bond donors (Lipinski definition) is 3. The topological polar surface area (TPSA) is 114 Å². The number of nitrogens with one attached hydrogen (secondary N) is 2. The second-order valence-corrected chi connectivity index (χ2v) is 11.0. The summed E-state index contributed by atoms with van der Waals surface area (Å²) < 4.78 is 4.45. The van der Waals surface area contributed by atoms with Gasteiger partial charge in [-0.2, -0.15) is 11.8 Å². The van der Waals surface area contributed by atoms with Crippen molar-refractivity contribution >= 4 is 29.7 Å². The molecule has 1 heterocycles. The molecule has 2 fully saturated rings. The molecular weight excluding hydrogens is 416 g/mol. The molecule has 1 aliphatic carbocycles. The highest BCUT2D eigenvalue weighted by Crippen LogP contribution is 2.31. The molecule has 8 nitrogen and oxygen atoms in total. The molecule has 178 valence electrons. The van der Waals surface area contributed by atoms with Crippen LogP contribution in [-0.4, -0.2) is 71.1 Å². The van der Waals surface area contributed by atoms with Crippen LogP contribution in [0.2, 0.25) is 0 Å². The van der Waals surface area contributed by atoms with Gasteiger partial charge in [0.25, 0.3) is 0 Å². The van der Waals surface area contributed by atoms with E-state index in [-0.39, 0.29) is 24.5 Å². The summed E-state index contributed by atoms with van der Waals surface area (Å²) in [6.45, 7) is 8.73. The van der Waals surface area contributed by atoms with E-state index in [1.165, 1.54) is 19.3 Å². The van der Waals surface area contributed by atoms with E-state index in [2.05, 4.69) is 10.6 Å². The maximum Gasteiger partial charge on any atom is 0.407 e. The van der Waals surface area contributed by atoms with Crippen molar-refractivity contribution in [2.45, 2.75) is 89.1 Å². The van der Waals surface area contributed by atoms with Crippen LogP contribution in [0.5, 0.6) is 0 Å². The molecule has 0 radical (unpaired) electrons. The predicted octanol–water partition coefficient (Wildman–Crippen LogP) is 2.26. The predicted molar refractivity (Wildman–Crippen MR) is 124 cm³/mol. The first-order valence-electron chi connectivity index (χ1n) is 11.6. The molecule has 0 unspecified atom stereocenters. The van der Waals surface area contributed by atoms with Gasteiger partial charge in [-0.05, 0) is 51.7 Å². The van der Waals surface area contributed by atoms with Gasteiger partial charge in [0, 0.05) is 23.9 Å². The Morgan fingerprint density at radius 2 is 1.87 bits per heavy atom. The highest BCUT2D eigenvalue weighted by Gasteiger charge is 2.45. The average molecular weight is 457 g/mol. The number of thioether (sulfide) groups is 1. The van der Waals surface area contributed by atoms with E-state index in [1.807, 2.05) is 20.8 Å². The Morgan fingerprint density at radius 1 is 1.19 bits per heavy atom. The Morgan fingerprint density at radius 3 is 2.48 bits per heavy atom. The van der Waals surface area contributed by atoms with Gasteiger partial charge in [-0.3, -0.25) is 9.59 Å². The molecule has 1 aliphatic heterocycles. The Hall–Kier alpha value is -1.48. The Kier molecular flexibility index (Phi) is 9.93. The van der Waals surface area contributed by atoms with Crippen molar-refractivity contribution in [3.8, 4) is 0 Å². The largest absolute Gasteiger partial charge is 0.450 e. The van der Waals surface area contributed by atoms with Gasteiger partial charge >= 0.3 is 6.09 Å². The quantitative estimate of drug-likeness (QED) is 0.490. The van der Waals surface area contributed by atoms with E-state index in [0.717, 1.165) is 18.6 Å². The normalized spacial score (nSPS) is 23.3. The fourth-order valence-electron chi connectivity index (χ4n) is 4.56. The summed E-state index contributed by atoms with van der Waals surface area (Å²) in [6, 6.07) is -1.70. The minimum atomic E-state index is -0.824. The Bertz CT molecular complexity index is 625. The molecule has 1 saturated carbocycles. The molecule has 0 bridgehead atoms. The third-order valence-corrected chi connectivity index (χ3v) is 7.47. The lowest BCUT2D eigenvalue weighted by atomic mass is 9.89. The molecule has 0 aromatic carbocycles. The van der Waals surface area contributed by atoms with Crippen molar-refractivity contribution in [1.29, 1.82) is 0 Å². The first-order valence-corrected chi connectivity index (χ1v) is 12.6. The summed E-state index contributed by atoms with van der Waals surface area (Å²) in [6.07, 6.45) is 5.77. The van der Waals surface area contributed by atoms with Crippen LogP contribution in [0.4, 0.5) is 4.79 Å². The van der Waals surface area contributed by atoms with Crippen LogP contribution in [0, 0.1) is 5.92 Å². The molecule has 0 spiro atoms. The Labute approximate surface area is 190 Å². The van der Waals surface area contributed by atoms with Crippen molar-refractivity contribution in [3.05, 3.63) is 0 Å². The fraction of sp³-hybridized carbons (Fsp3) is 0.864. The summed E-state index contributed by atoms with van der Waals surface area (Å²) in [7, 11) is 0. The summed E-state index contributed by atoms with van der Waals surface area (Å²) >= 11 is 1.58. The molecule has 9 heteroatoms. The summed E-state index contributed by atoms with van der Waals surface area (Å²) in [5, 5.41) is 5.79. The number of hydrogen-bond acceptors (Lipinski definition) is 6. The molecule has 0 aromatic heterocycles. The smallest absolute Gasteiger partial charge is 0.407 e. The number of carbonyl (C=O) groups is 3. The van der Waals surface area contributed by atoms with Crippen LogP contribution in [-0.2, 0) is 14.3 Å². The van der Waals surface area contributed by atoms with E-state index in [1.54, 1.807) is 23.6 Å². The lowest BCUT2D eigenvalue weighted by Crippen LogP contribution is -2.60. The van der Waals surface area contributed by atoms with Crippen LogP contribution in [0.25, 0.3) is 0 Å². The number of ether oxygens (including phenoxy) is 1. The van der Waals surface area contributed by atoms with Gasteiger partial charge in [-0.25, -0.2) is 4.79 Å². The van der Waals surface area contributed by atoms with Gasteiger partial charge < -0.3 is 26.0 Å². The molecule has 3 atom stereocenters. The van der Waals surface area contributed by atoms with Crippen LogP contribution in [0.3, 0.4) is 0 Å². The van der Waals surface area contributed by atoms with Gasteiger partial charge in [0.2, 0.25) is 11.8 Å². The summed E-state index contributed by atoms with van der Waals surface area (Å²) in [5.74, 6) is 0.856. The molecule has 1 saturated heterocycles. The van der Waals surface area contributed by atoms with Gasteiger partial charge in [0.15, 0.2) is 0 Å². The Balaban J connectivity index is 2.12. The minimum absolute atomic E-state index is 0.150. The number of rotatable bonds is 9. The van der Waals surface area contributed by atoms with Crippen molar-refractivity contribution in [2.75, 3.05) is 25.4 Å². The second-order valence-electron chi connectivity index (χ2n) is 9.09. The highest BCUT2D eigenvalue weighted by molar-refractivity contribution is 8.00. The standard InChI is InChI=1S/C22H40N4O4S/c1-5-30-21(29)25-18(22(3,4)31-6-2)20(28)26-14-16(23)12-17(26)19(27)24-13-15-10-8-7-9-11-15/h15-18H,5-14,23H2,1-4H3,(H,24,27)(H,25,29)/t16-,17+,18+/m1/s1. The average Bonchev–Trinajstić information content (AvgIpc) is 3.12. The van der Waals surface area contributed by atoms with E-state index < -0.39 is 22.9 Å². The number of carbonyl (C=O) groups excluding carboxylic acids is 3. The van der Waals surface area contributed by atoms with Crippen molar-refractivity contribution in [1.82, 2.24) is 15.5 Å². The highest BCUT2D eigenvalue weighted by atomic mass is 32.2. The summed E-state index contributed by atoms with van der Waals surface area (Å²) in [5.41, 5.74) is 6.16. The van der Waals surface area contributed by atoms with E-state index in [4.69, 9.17) is 10.5 Å². The monoisotopic (exact) mass is 456 g/mol. The third-order valence-electron chi connectivity index (χ3n) is 6.20. The molecule has 2 rings (SSSR count). The molecule has 3 amide bonds. The number of alkyl carbamates (subject to hydrolysis) is 1. The molecule has 4 N–H and O–H groups in total. The number of likely N-dealkylation sites (tertiary alicyclic amines) is 1. The van der Waals surface area contributed by atoms with Crippen LogP contribution < -0.4 is 16.4 Å². The van der Waals surface area contributed by atoms with E-state index in [9.17, 15) is 14.4 Å². The third kappa shape index (κ3) is 7.27. The van der Waals surface area contributed by atoms with E-state index >= 15 is 0 Å². The first kappa shape index (κ1) is 25.8. The van der Waals surface area contributed by atoms with Crippen LogP contribution >= 0.6 is 11.8 Å². The lowest BCUT2D eigenvalue weighted by molar-refractivity contribution is -0.140. The molecule has 0 aromatic rings. The lowest BCUT2D eigenvalue weighted by Gasteiger charge is -2.37. The zero-order valence-electron chi connectivity index (χ0n) is 19.4. The van der Waals surface area contributed by atoms with Gasteiger partial charge in [-0.1, -0.05) is 26.2 Å². The van der Waals surface area contributed by atoms with Gasteiger partial charge in [0.05, 0.1) is 6.61 Å². The molecule has 2 aliphatic rings. The molecule has 31 heavy (non-hydrogen) atoms.